The SMILES string of the molecule is O=C(O)c1ccccn1.O=S(=O)(O)c1cccnc1. The smallest absolute Gasteiger partial charge is 0.354 e. The number of pyridine rings is 2. The Bertz CT molecular complexity index is 629. The van der Waals surface area contributed by atoms with Gasteiger partial charge in [-0.15, -0.1) is 0 Å². The summed E-state index contributed by atoms with van der Waals surface area (Å²) in [5.41, 5.74) is 0.0810. The lowest BCUT2D eigenvalue weighted by Gasteiger charge is -1.91. The van der Waals surface area contributed by atoms with E-state index in [1.54, 1.807) is 12.1 Å². The van der Waals surface area contributed by atoms with E-state index in [1.165, 1.54) is 30.6 Å². The average molecular weight is 282 g/mol. The third kappa shape index (κ3) is 5.23. The van der Waals surface area contributed by atoms with Crippen molar-refractivity contribution >= 4 is 16.1 Å². The fourth-order valence-corrected chi connectivity index (χ4v) is 1.43. The second kappa shape index (κ2) is 6.57. The molecule has 0 aliphatic carbocycles. The van der Waals surface area contributed by atoms with Crippen LogP contribution in [0, 0.1) is 0 Å². The van der Waals surface area contributed by atoms with Crippen LogP contribution in [-0.4, -0.2) is 34.0 Å². The maximum absolute atomic E-state index is 10.3. The van der Waals surface area contributed by atoms with Crippen molar-refractivity contribution in [2.24, 2.45) is 0 Å². The molecule has 0 saturated carbocycles. The number of nitrogens with zero attached hydrogens (tertiary/aromatic N) is 2. The molecule has 0 spiro atoms. The van der Waals surface area contributed by atoms with E-state index in [4.69, 9.17) is 9.66 Å². The lowest BCUT2D eigenvalue weighted by Crippen LogP contribution is -1.97. The molecule has 0 saturated heterocycles. The summed E-state index contributed by atoms with van der Waals surface area (Å²) in [6.45, 7) is 0. The summed E-state index contributed by atoms with van der Waals surface area (Å²) in [5, 5.41) is 8.32. The molecule has 7 nitrogen and oxygen atoms in total. The van der Waals surface area contributed by atoms with E-state index in [0.717, 1.165) is 6.20 Å². The van der Waals surface area contributed by atoms with Crippen LogP contribution >= 0.6 is 0 Å². The highest BCUT2D eigenvalue weighted by molar-refractivity contribution is 7.85. The zero-order chi connectivity index (χ0) is 14.3. The van der Waals surface area contributed by atoms with Crippen LogP contribution in [-0.2, 0) is 10.1 Å². The average Bonchev–Trinajstić information content (AvgIpc) is 2.40. The van der Waals surface area contributed by atoms with Gasteiger partial charge in [-0.25, -0.2) is 9.78 Å². The molecule has 0 unspecified atom stereocenters. The first kappa shape index (κ1) is 14.7. The molecule has 0 fully saturated rings. The predicted octanol–water partition coefficient (Wildman–Crippen LogP) is 1.11. The molecule has 2 N–H and O–H groups in total. The molecule has 0 amide bonds. The minimum absolute atomic E-state index is 0.0810. The van der Waals surface area contributed by atoms with Crippen LogP contribution < -0.4 is 0 Å². The van der Waals surface area contributed by atoms with Crippen molar-refractivity contribution in [2.45, 2.75) is 4.90 Å². The third-order valence-corrected chi connectivity index (χ3v) is 2.65. The fourth-order valence-electron chi connectivity index (χ4n) is 0.989. The van der Waals surface area contributed by atoms with Crippen LogP contribution in [0.2, 0.25) is 0 Å². The van der Waals surface area contributed by atoms with Gasteiger partial charge in [0.1, 0.15) is 10.6 Å². The Kier molecular flexibility index (Phi) is 5.10. The Morgan fingerprint density at radius 1 is 1.11 bits per heavy atom. The van der Waals surface area contributed by atoms with E-state index in [2.05, 4.69) is 9.97 Å². The quantitative estimate of drug-likeness (QED) is 0.792. The van der Waals surface area contributed by atoms with Crippen LogP contribution in [0.1, 0.15) is 10.5 Å². The van der Waals surface area contributed by atoms with Crippen molar-refractivity contribution in [2.75, 3.05) is 0 Å². The summed E-state index contributed by atoms with van der Waals surface area (Å²) in [6, 6.07) is 7.46. The van der Waals surface area contributed by atoms with Crippen LogP contribution in [0.5, 0.6) is 0 Å². The van der Waals surface area contributed by atoms with E-state index in [-0.39, 0.29) is 10.6 Å². The Hall–Kier alpha value is -2.32. The molecule has 0 radical (unpaired) electrons. The maximum atomic E-state index is 10.3. The standard InChI is InChI=1S/C6H5NO2.C5H5NO3S/c8-6(9)5-3-1-2-4-7-5;7-10(8,9)5-2-1-3-6-4-5/h1-4H,(H,8,9);1-4H,(H,7,8,9). The lowest BCUT2D eigenvalue weighted by atomic mass is 10.4. The molecule has 100 valence electrons. The van der Waals surface area contributed by atoms with Gasteiger partial charge in [0.25, 0.3) is 10.1 Å². The zero-order valence-electron chi connectivity index (χ0n) is 9.54. The van der Waals surface area contributed by atoms with E-state index >= 15 is 0 Å². The molecule has 0 atom stereocenters. The monoisotopic (exact) mass is 282 g/mol. The van der Waals surface area contributed by atoms with Crippen LogP contribution in [0.15, 0.2) is 53.8 Å². The van der Waals surface area contributed by atoms with Crippen molar-refractivity contribution in [1.82, 2.24) is 9.97 Å². The molecule has 0 aliphatic heterocycles. The highest BCUT2D eigenvalue weighted by Gasteiger charge is 2.06. The van der Waals surface area contributed by atoms with E-state index in [0.29, 0.717) is 0 Å². The van der Waals surface area contributed by atoms with Crippen LogP contribution in [0.4, 0.5) is 0 Å². The molecule has 0 aliphatic rings. The number of carbonyl (C=O) groups is 1. The number of carboxylic acids is 1. The van der Waals surface area contributed by atoms with Crippen LogP contribution in [0.3, 0.4) is 0 Å². The number of hydrogen-bond acceptors (Lipinski definition) is 5. The van der Waals surface area contributed by atoms with Gasteiger partial charge in [-0.2, -0.15) is 8.42 Å². The summed E-state index contributed by atoms with van der Waals surface area (Å²) < 4.78 is 29.1. The summed E-state index contributed by atoms with van der Waals surface area (Å²) in [5.74, 6) is -0.990. The number of rotatable bonds is 2. The topological polar surface area (TPSA) is 117 Å². The zero-order valence-corrected chi connectivity index (χ0v) is 10.4. The van der Waals surface area contributed by atoms with Gasteiger partial charge in [0.15, 0.2) is 0 Å². The first-order valence-corrected chi connectivity index (χ1v) is 6.37. The summed E-state index contributed by atoms with van der Waals surface area (Å²) >= 11 is 0. The summed E-state index contributed by atoms with van der Waals surface area (Å²) in [7, 11) is -4.07. The molecule has 2 aromatic rings. The van der Waals surface area contributed by atoms with Gasteiger partial charge < -0.3 is 5.11 Å². The highest BCUT2D eigenvalue weighted by Crippen LogP contribution is 2.03. The second-order valence-electron chi connectivity index (χ2n) is 3.18. The Morgan fingerprint density at radius 2 is 1.84 bits per heavy atom. The normalized spacial score (nSPS) is 10.2. The highest BCUT2D eigenvalue weighted by atomic mass is 32.2. The molecular weight excluding hydrogens is 272 g/mol. The van der Waals surface area contributed by atoms with E-state index < -0.39 is 16.1 Å². The minimum Gasteiger partial charge on any atom is -0.477 e. The number of hydrogen-bond donors (Lipinski definition) is 2. The van der Waals surface area contributed by atoms with Gasteiger partial charge in [-0.05, 0) is 24.3 Å². The Labute approximate surface area is 109 Å². The Morgan fingerprint density at radius 3 is 2.16 bits per heavy atom. The van der Waals surface area contributed by atoms with Gasteiger partial charge in [-0.1, -0.05) is 6.07 Å². The molecule has 0 bridgehead atoms. The molecule has 2 heterocycles. The summed E-state index contributed by atoms with van der Waals surface area (Å²) in [4.78, 5) is 17.0. The van der Waals surface area contributed by atoms with Crippen LogP contribution in [0.25, 0.3) is 0 Å². The first-order valence-electron chi connectivity index (χ1n) is 4.93. The number of carboxylic acid groups (broad SMARTS) is 1. The largest absolute Gasteiger partial charge is 0.477 e. The molecule has 19 heavy (non-hydrogen) atoms. The van der Waals surface area contributed by atoms with Crippen molar-refractivity contribution in [3.8, 4) is 0 Å². The molecule has 2 rings (SSSR count). The van der Waals surface area contributed by atoms with Crippen molar-refractivity contribution in [3.63, 3.8) is 0 Å². The summed E-state index contributed by atoms with van der Waals surface area (Å²) in [6.07, 6.45) is 3.95. The number of aromatic nitrogens is 2. The first-order chi connectivity index (χ1) is 8.91. The van der Waals surface area contributed by atoms with Gasteiger partial charge in [0, 0.05) is 18.6 Å². The lowest BCUT2D eigenvalue weighted by molar-refractivity contribution is 0.0690. The Balaban J connectivity index is 0.000000191. The van der Waals surface area contributed by atoms with E-state index in [1.807, 2.05) is 0 Å². The van der Waals surface area contributed by atoms with Crippen molar-refractivity contribution in [1.29, 1.82) is 0 Å². The fraction of sp³-hybridized carbons (Fsp3) is 0. The van der Waals surface area contributed by atoms with Gasteiger partial charge in [0.05, 0.1) is 0 Å². The van der Waals surface area contributed by atoms with E-state index in [9.17, 15) is 13.2 Å². The van der Waals surface area contributed by atoms with Gasteiger partial charge in [-0.3, -0.25) is 9.54 Å². The maximum Gasteiger partial charge on any atom is 0.354 e. The van der Waals surface area contributed by atoms with Crippen molar-refractivity contribution < 1.29 is 22.9 Å². The molecule has 2 aromatic heterocycles. The minimum atomic E-state index is -4.07. The molecule has 0 aromatic carbocycles. The molecule has 8 heteroatoms. The van der Waals surface area contributed by atoms with Gasteiger partial charge in [0.2, 0.25) is 0 Å². The third-order valence-electron chi connectivity index (χ3n) is 1.82. The van der Waals surface area contributed by atoms with Gasteiger partial charge >= 0.3 is 5.97 Å². The molecular formula is C11H10N2O5S. The van der Waals surface area contributed by atoms with Crippen molar-refractivity contribution in [3.05, 3.63) is 54.6 Å². The predicted molar refractivity (Wildman–Crippen MR) is 65.2 cm³/mol. The number of aromatic carboxylic acids is 1. The second-order valence-corrected chi connectivity index (χ2v) is 4.61.